The second-order valence-electron chi connectivity index (χ2n) is 5.85. The molecule has 0 bridgehead atoms. The summed E-state index contributed by atoms with van der Waals surface area (Å²) >= 11 is 3.27. The summed E-state index contributed by atoms with van der Waals surface area (Å²) in [7, 11) is 1.67. The SMILES string of the molecule is CCc1ccc(-c2csc(-c3nc(-c4ccc(OC)cc4)cs3)n2)cc1. The predicted molar refractivity (Wildman–Crippen MR) is 110 cm³/mol. The van der Waals surface area contributed by atoms with E-state index in [9.17, 15) is 0 Å². The smallest absolute Gasteiger partial charge is 0.152 e. The number of ether oxygens (including phenoxy) is 1. The first-order chi connectivity index (χ1) is 12.8. The molecule has 3 nitrogen and oxygen atoms in total. The van der Waals surface area contributed by atoms with Gasteiger partial charge in [-0.05, 0) is 36.2 Å². The fourth-order valence-corrected chi connectivity index (χ4v) is 4.39. The molecular formula is C21H18N2OS2. The second-order valence-corrected chi connectivity index (χ2v) is 7.57. The van der Waals surface area contributed by atoms with E-state index >= 15 is 0 Å². The zero-order chi connectivity index (χ0) is 17.9. The van der Waals surface area contributed by atoms with Crippen LogP contribution in [0.2, 0.25) is 0 Å². The maximum absolute atomic E-state index is 5.21. The molecular weight excluding hydrogens is 360 g/mol. The van der Waals surface area contributed by atoms with Crippen LogP contribution in [0, 0.1) is 0 Å². The largest absolute Gasteiger partial charge is 0.497 e. The normalized spacial score (nSPS) is 10.8. The highest BCUT2D eigenvalue weighted by molar-refractivity contribution is 7.20. The molecule has 0 radical (unpaired) electrons. The molecule has 26 heavy (non-hydrogen) atoms. The lowest BCUT2D eigenvalue weighted by Crippen LogP contribution is -1.83. The van der Waals surface area contributed by atoms with Gasteiger partial charge in [0.15, 0.2) is 10.0 Å². The number of aromatic nitrogens is 2. The van der Waals surface area contributed by atoms with E-state index in [-0.39, 0.29) is 0 Å². The Balaban J connectivity index is 1.58. The van der Waals surface area contributed by atoms with Crippen LogP contribution in [0.25, 0.3) is 32.5 Å². The topological polar surface area (TPSA) is 35.0 Å². The van der Waals surface area contributed by atoms with Crippen LogP contribution in [0.1, 0.15) is 12.5 Å². The number of hydrogen-bond donors (Lipinski definition) is 0. The van der Waals surface area contributed by atoms with Gasteiger partial charge in [-0.3, -0.25) is 0 Å². The van der Waals surface area contributed by atoms with E-state index in [0.717, 1.165) is 44.7 Å². The van der Waals surface area contributed by atoms with Gasteiger partial charge in [-0.25, -0.2) is 9.97 Å². The third-order valence-corrected chi connectivity index (χ3v) is 6.06. The van der Waals surface area contributed by atoms with Crippen LogP contribution < -0.4 is 4.74 Å². The van der Waals surface area contributed by atoms with Gasteiger partial charge in [-0.1, -0.05) is 31.2 Å². The highest BCUT2D eigenvalue weighted by atomic mass is 32.1. The van der Waals surface area contributed by atoms with Gasteiger partial charge in [0, 0.05) is 21.9 Å². The first kappa shape index (κ1) is 16.9. The Morgan fingerprint density at radius 1 is 0.769 bits per heavy atom. The monoisotopic (exact) mass is 378 g/mol. The van der Waals surface area contributed by atoms with E-state index in [2.05, 4.69) is 41.9 Å². The molecule has 0 atom stereocenters. The van der Waals surface area contributed by atoms with E-state index in [1.165, 1.54) is 5.56 Å². The van der Waals surface area contributed by atoms with E-state index in [0.29, 0.717) is 0 Å². The molecule has 0 fully saturated rings. The van der Waals surface area contributed by atoms with Crippen molar-refractivity contribution in [3.05, 3.63) is 64.9 Å². The first-order valence-electron chi connectivity index (χ1n) is 8.42. The maximum Gasteiger partial charge on any atom is 0.152 e. The number of hydrogen-bond acceptors (Lipinski definition) is 5. The number of rotatable bonds is 5. The number of benzene rings is 2. The van der Waals surface area contributed by atoms with Crippen molar-refractivity contribution in [1.29, 1.82) is 0 Å². The summed E-state index contributed by atoms with van der Waals surface area (Å²) in [5.74, 6) is 0.850. The van der Waals surface area contributed by atoms with Crippen molar-refractivity contribution < 1.29 is 4.74 Å². The van der Waals surface area contributed by atoms with Gasteiger partial charge >= 0.3 is 0 Å². The van der Waals surface area contributed by atoms with Gasteiger partial charge in [0.1, 0.15) is 5.75 Å². The molecule has 0 saturated carbocycles. The molecule has 2 aromatic carbocycles. The third kappa shape index (κ3) is 3.41. The fourth-order valence-electron chi connectivity index (χ4n) is 2.68. The van der Waals surface area contributed by atoms with Crippen LogP contribution in [0.5, 0.6) is 5.75 Å². The van der Waals surface area contributed by atoms with Gasteiger partial charge < -0.3 is 4.74 Å². The molecule has 0 spiro atoms. The Labute approximate surface area is 161 Å². The molecule has 2 aromatic heterocycles. The van der Waals surface area contributed by atoms with E-state index < -0.39 is 0 Å². The predicted octanol–water partition coefficient (Wildman–Crippen LogP) is 6.17. The van der Waals surface area contributed by atoms with E-state index in [4.69, 9.17) is 14.7 Å². The summed E-state index contributed by atoms with van der Waals surface area (Å²) in [6.07, 6.45) is 1.05. The summed E-state index contributed by atoms with van der Waals surface area (Å²) < 4.78 is 5.21. The molecule has 0 aliphatic rings. The summed E-state index contributed by atoms with van der Waals surface area (Å²) in [5.41, 5.74) is 5.55. The zero-order valence-corrected chi connectivity index (χ0v) is 16.2. The van der Waals surface area contributed by atoms with Crippen LogP contribution >= 0.6 is 22.7 Å². The van der Waals surface area contributed by atoms with Crippen LogP contribution in [-0.2, 0) is 6.42 Å². The minimum absolute atomic E-state index is 0.850. The minimum Gasteiger partial charge on any atom is -0.497 e. The van der Waals surface area contributed by atoms with Gasteiger partial charge in [-0.2, -0.15) is 0 Å². The average molecular weight is 379 g/mol. The molecule has 4 aromatic rings. The molecule has 0 unspecified atom stereocenters. The lowest BCUT2D eigenvalue weighted by atomic mass is 10.1. The number of aryl methyl sites for hydroxylation is 1. The van der Waals surface area contributed by atoms with Gasteiger partial charge in [-0.15, -0.1) is 22.7 Å². The van der Waals surface area contributed by atoms with Gasteiger partial charge in [0.05, 0.1) is 18.5 Å². The molecule has 0 saturated heterocycles. The number of thiazole rings is 2. The highest BCUT2D eigenvalue weighted by Gasteiger charge is 2.12. The van der Waals surface area contributed by atoms with Crippen LogP contribution in [0.4, 0.5) is 0 Å². The molecule has 0 N–H and O–H groups in total. The Hall–Kier alpha value is -2.50. The lowest BCUT2D eigenvalue weighted by molar-refractivity contribution is 0.415. The average Bonchev–Trinajstić information content (AvgIpc) is 3.38. The number of methoxy groups -OCH3 is 1. The van der Waals surface area contributed by atoms with Gasteiger partial charge in [0.2, 0.25) is 0 Å². The lowest BCUT2D eigenvalue weighted by Gasteiger charge is -2.00. The van der Waals surface area contributed by atoms with Crippen molar-refractivity contribution in [2.75, 3.05) is 7.11 Å². The molecule has 0 aliphatic heterocycles. The zero-order valence-electron chi connectivity index (χ0n) is 14.6. The first-order valence-corrected chi connectivity index (χ1v) is 10.2. The molecule has 130 valence electrons. The van der Waals surface area contributed by atoms with Crippen LogP contribution in [0.15, 0.2) is 59.3 Å². The van der Waals surface area contributed by atoms with Crippen molar-refractivity contribution in [2.24, 2.45) is 0 Å². The minimum atomic E-state index is 0.850. The van der Waals surface area contributed by atoms with Crippen molar-refractivity contribution in [2.45, 2.75) is 13.3 Å². The summed E-state index contributed by atoms with van der Waals surface area (Å²) in [5, 5.41) is 6.10. The Morgan fingerprint density at radius 3 is 1.73 bits per heavy atom. The highest BCUT2D eigenvalue weighted by Crippen LogP contribution is 2.33. The summed E-state index contributed by atoms with van der Waals surface area (Å²) in [4.78, 5) is 9.55. The molecule has 5 heteroatoms. The van der Waals surface area contributed by atoms with E-state index in [1.54, 1.807) is 29.8 Å². The van der Waals surface area contributed by atoms with Crippen molar-refractivity contribution in [3.8, 4) is 38.3 Å². The Bertz CT molecular complexity index is 917. The maximum atomic E-state index is 5.21. The fraction of sp³-hybridized carbons (Fsp3) is 0.143. The Kier molecular flexibility index (Phi) is 4.82. The van der Waals surface area contributed by atoms with Crippen molar-refractivity contribution in [1.82, 2.24) is 9.97 Å². The molecule has 2 heterocycles. The summed E-state index contributed by atoms with van der Waals surface area (Å²) in [6.45, 7) is 2.17. The van der Waals surface area contributed by atoms with Crippen molar-refractivity contribution in [3.63, 3.8) is 0 Å². The van der Waals surface area contributed by atoms with E-state index in [1.807, 2.05) is 24.3 Å². The molecule has 4 rings (SSSR count). The molecule has 0 aliphatic carbocycles. The van der Waals surface area contributed by atoms with Crippen molar-refractivity contribution >= 4 is 22.7 Å². The van der Waals surface area contributed by atoms with Gasteiger partial charge in [0.25, 0.3) is 0 Å². The summed E-state index contributed by atoms with van der Waals surface area (Å²) in [6, 6.07) is 16.6. The second kappa shape index (κ2) is 7.40. The number of nitrogens with zero attached hydrogens (tertiary/aromatic N) is 2. The standard InChI is InChI=1S/C21H18N2OS2/c1-3-14-4-6-15(7-5-14)18-12-25-20(22-18)21-23-19(13-26-21)16-8-10-17(24-2)11-9-16/h4-13H,3H2,1-2H3. The third-order valence-electron chi connectivity index (χ3n) is 4.24. The van der Waals surface area contributed by atoms with Crippen LogP contribution in [-0.4, -0.2) is 17.1 Å². The van der Waals surface area contributed by atoms with Crippen LogP contribution in [0.3, 0.4) is 0 Å². The molecule has 0 amide bonds. The quantitative estimate of drug-likeness (QED) is 0.416. The Morgan fingerprint density at radius 2 is 1.27 bits per heavy atom.